The third-order valence-electron chi connectivity index (χ3n) is 4.45. The molecule has 1 aromatic carbocycles. The van der Waals surface area contributed by atoms with Crippen LogP contribution in [0.15, 0.2) is 41.1 Å². The number of nitrogens with zero attached hydrogens (tertiary/aromatic N) is 2. The Hall–Kier alpha value is -3.35. The molecule has 0 aliphatic rings. The minimum Gasteiger partial charge on any atom is -0.496 e. The number of anilines is 1. The maximum atomic E-state index is 13.0. The van der Waals surface area contributed by atoms with Gasteiger partial charge in [-0.1, -0.05) is 11.2 Å². The van der Waals surface area contributed by atoms with Crippen LogP contribution in [0.2, 0.25) is 0 Å². The quantitative estimate of drug-likeness (QED) is 0.578. The van der Waals surface area contributed by atoms with Crippen LogP contribution in [0.25, 0.3) is 11.1 Å². The predicted octanol–water partition coefficient (Wildman–Crippen LogP) is 4.93. The first kappa shape index (κ1) is 21.4. The van der Waals surface area contributed by atoms with E-state index in [-0.39, 0.29) is 0 Å². The molecule has 0 amide bonds. The van der Waals surface area contributed by atoms with E-state index in [0.29, 0.717) is 29.3 Å². The lowest BCUT2D eigenvalue weighted by Crippen LogP contribution is -2.24. The van der Waals surface area contributed by atoms with Crippen LogP contribution in [-0.4, -0.2) is 28.8 Å². The number of nitrogens with one attached hydrogen (secondary N) is 1. The predicted molar refractivity (Wildman–Crippen MR) is 115 cm³/mol. The average Bonchev–Trinajstić information content (AvgIpc) is 3.03. The average molecular weight is 409 g/mol. The van der Waals surface area contributed by atoms with E-state index in [1.807, 2.05) is 52.8 Å². The molecule has 0 saturated heterocycles. The van der Waals surface area contributed by atoms with Gasteiger partial charge in [0.25, 0.3) is 0 Å². The molecule has 3 aromatic rings. The molecule has 2 aromatic heterocycles. The van der Waals surface area contributed by atoms with Crippen LogP contribution < -0.4 is 10.1 Å². The molecule has 1 N–H and O–H groups in total. The molecule has 3 rings (SSSR count). The number of ether oxygens (including phenoxy) is 2. The van der Waals surface area contributed by atoms with Gasteiger partial charge in [0.2, 0.25) is 0 Å². The monoisotopic (exact) mass is 409 g/mol. The number of carbonyl (C=O) groups is 1. The largest absolute Gasteiger partial charge is 0.496 e. The molecule has 158 valence electrons. The van der Waals surface area contributed by atoms with Crippen molar-refractivity contribution in [1.82, 2.24) is 10.1 Å². The minimum atomic E-state index is -0.627. The molecule has 0 aliphatic heterocycles. The Balaban J connectivity index is 2.08. The van der Waals surface area contributed by atoms with Gasteiger partial charge in [0, 0.05) is 17.8 Å². The summed E-state index contributed by atoms with van der Waals surface area (Å²) in [5.74, 6) is 0.817. The van der Waals surface area contributed by atoms with Gasteiger partial charge in [0.1, 0.15) is 17.1 Å². The van der Waals surface area contributed by atoms with Gasteiger partial charge in [-0.15, -0.1) is 0 Å². The molecular weight excluding hydrogens is 382 g/mol. The van der Waals surface area contributed by atoms with E-state index in [1.54, 1.807) is 25.4 Å². The molecule has 0 saturated carbocycles. The van der Waals surface area contributed by atoms with Crippen LogP contribution in [0.5, 0.6) is 5.75 Å². The van der Waals surface area contributed by atoms with Gasteiger partial charge in [-0.2, -0.15) is 0 Å². The number of methoxy groups -OCH3 is 1. The number of hydrogen-bond donors (Lipinski definition) is 1. The Morgan fingerprint density at radius 2 is 1.97 bits per heavy atom. The topological polar surface area (TPSA) is 86.5 Å². The highest BCUT2D eigenvalue weighted by atomic mass is 16.6. The molecule has 0 spiro atoms. The Labute approximate surface area is 176 Å². The first-order chi connectivity index (χ1) is 14.2. The number of esters is 1. The zero-order valence-corrected chi connectivity index (χ0v) is 18.2. The van der Waals surface area contributed by atoms with Gasteiger partial charge >= 0.3 is 5.97 Å². The summed E-state index contributed by atoms with van der Waals surface area (Å²) in [5.41, 5.74) is 3.46. The summed E-state index contributed by atoms with van der Waals surface area (Å²) in [6, 6.07) is 9.25. The highest BCUT2D eigenvalue weighted by molar-refractivity contribution is 5.99. The van der Waals surface area contributed by atoms with E-state index in [4.69, 9.17) is 14.0 Å². The lowest BCUT2D eigenvalue weighted by Gasteiger charge is -2.22. The van der Waals surface area contributed by atoms with Crippen molar-refractivity contribution in [3.63, 3.8) is 0 Å². The molecule has 0 bridgehead atoms. The van der Waals surface area contributed by atoms with Gasteiger partial charge in [-0.05, 0) is 52.8 Å². The second-order valence-corrected chi connectivity index (χ2v) is 7.97. The first-order valence-corrected chi connectivity index (χ1v) is 9.72. The number of aromatic nitrogens is 2. The molecule has 7 heteroatoms. The summed E-state index contributed by atoms with van der Waals surface area (Å²) < 4.78 is 16.6. The normalized spacial score (nSPS) is 11.3. The van der Waals surface area contributed by atoms with Crippen molar-refractivity contribution in [2.45, 2.75) is 46.8 Å². The first-order valence-electron chi connectivity index (χ1n) is 9.72. The molecule has 2 heterocycles. The van der Waals surface area contributed by atoms with E-state index in [1.165, 1.54) is 0 Å². The van der Waals surface area contributed by atoms with E-state index >= 15 is 0 Å². The van der Waals surface area contributed by atoms with Crippen LogP contribution >= 0.6 is 0 Å². The number of hydrogen-bond acceptors (Lipinski definition) is 7. The Morgan fingerprint density at radius 3 is 2.53 bits per heavy atom. The SMILES string of the molecule is COc1cc(NCc2ccccn2)c(C(=O)OC(C)(C)C)cc1-c1c(C)noc1C. The van der Waals surface area contributed by atoms with Crippen LogP contribution in [0.1, 0.15) is 48.3 Å². The Kier molecular flexibility index (Phi) is 6.10. The Morgan fingerprint density at radius 1 is 1.20 bits per heavy atom. The molecule has 30 heavy (non-hydrogen) atoms. The molecule has 0 unspecified atom stereocenters. The van der Waals surface area contributed by atoms with E-state index in [0.717, 1.165) is 22.5 Å². The van der Waals surface area contributed by atoms with Crippen LogP contribution in [0.4, 0.5) is 5.69 Å². The van der Waals surface area contributed by atoms with Crippen molar-refractivity contribution >= 4 is 11.7 Å². The van der Waals surface area contributed by atoms with Crippen molar-refractivity contribution in [1.29, 1.82) is 0 Å². The van der Waals surface area contributed by atoms with E-state index in [9.17, 15) is 4.79 Å². The summed E-state index contributed by atoms with van der Waals surface area (Å²) in [5, 5.41) is 7.32. The highest BCUT2D eigenvalue weighted by Gasteiger charge is 2.25. The van der Waals surface area contributed by atoms with Gasteiger partial charge in [-0.3, -0.25) is 4.98 Å². The lowest BCUT2D eigenvalue weighted by molar-refractivity contribution is 0.00706. The van der Waals surface area contributed by atoms with Crippen LogP contribution in [-0.2, 0) is 11.3 Å². The number of aryl methyl sites for hydroxylation is 2. The van der Waals surface area contributed by atoms with Crippen molar-refractivity contribution in [3.8, 4) is 16.9 Å². The minimum absolute atomic E-state index is 0.400. The number of benzene rings is 1. The van der Waals surface area contributed by atoms with Gasteiger partial charge in [0.15, 0.2) is 0 Å². The fourth-order valence-corrected chi connectivity index (χ4v) is 3.15. The standard InChI is InChI=1S/C23H27N3O4/c1-14-21(15(2)30-26-14)18-11-17(22(27)29-23(3,4)5)19(12-20(18)28-6)25-13-16-9-7-8-10-24-16/h7-12,25H,13H2,1-6H3. The third kappa shape index (κ3) is 4.79. The van der Waals surface area contributed by atoms with Gasteiger partial charge in [-0.25, -0.2) is 4.79 Å². The number of carbonyl (C=O) groups excluding carboxylic acids is 1. The van der Waals surface area contributed by atoms with Crippen molar-refractivity contribution < 1.29 is 18.8 Å². The fourth-order valence-electron chi connectivity index (χ4n) is 3.15. The zero-order chi connectivity index (χ0) is 21.9. The van der Waals surface area contributed by atoms with Crippen molar-refractivity contribution in [3.05, 3.63) is 59.2 Å². The van der Waals surface area contributed by atoms with Crippen molar-refractivity contribution in [2.24, 2.45) is 0 Å². The summed E-state index contributed by atoms with van der Waals surface area (Å²) in [6.45, 7) is 9.64. The zero-order valence-electron chi connectivity index (χ0n) is 18.2. The van der Waals surface area contributed by atoms with E-state index < -0.39 is 11.6 Å². The van der Waals surface area contributed by atoms with Gasteiger partial charge < -0.3 is 19.3 Å². The van der Waals surface area contributed by atoms with Crippen LogP contribution in [0.3, 0.4) is 0 Å². The molecular formula is C23H27N3O4. The Bertz CT molecular complexity index is 1020. The van der Waals surface area contributed by atoms with Crippen LogP contribution in [0, 0.1) is 13.8 Å². The summed E-state index contributed by atoms with van der Waals surface area (Å²) in [6.07, 6.45) is 1.73. The maximum absolute atomic E-state index is 13.0. The second kappa shape index (κ2) is 8.57. The highest BCUT2D eigenvalue weighted by Crippen LogP contribution is 2.39. The van der Waals surface area contributed by atoms with Gasteiger partial charge in [0.05, 0.1) is 41.9 Å². The summed E-state index contributed by atoms with van der Waals surface area (Å²) in [7, 11) is 1.59. The summed E-state index contributed by atoms with van der Waals surface area (Å²) in [4.78, 5) is 17.3. The molecule has 0 radical (unpaired) electrons. The summed E-state index contributed by atoms with van der Waals surface area (Å²) >= 11 is 0. The van der Waals surface area contributed by atoms with E-state index in [2.05, 4.69) is 15.5 Å². The smallest absolute Gasteiger partial charge is 0.340 e. The molecule has 0 atom stereocenters. The maximum Gasteiger partial charge on any atom is 0.340 e. The number of rotatable bonds is 6. The molecule has 7 nitrogen and oxygen atoms in total. The van der Waals surface area contributed by atoms with Crippen molar-refractivity contribution in [2.75, 3.05) is 12.4 Å². The molecule has 0 aliphatic carbocycles. The molecule has 0 fully saturated rings. The number of pyridine rings is 1. The lowest BCUT2D eigenvalue weighted by atomic mass is 9.98. The fraction of sp³-hybridized carbons (Fsp3) is 0.348. The third-order valence-corrected chi connectivity index (χ3v) is 4.45. The second-order valence-electron chi connectivity index (χ2n) is 7.97.